The number of carbonyl (C=O) groups excluding carboxylic acids is 1. The fourth-order valence-corrected chi connectivity index (χ4v) is 2.29. The SMILES string of the molecule is CCCc1nnc(NC(=O)c2ccc(F)cc2F)s1. The highest BCUT2D eigenvalue weighted by Gasteiger charge is 2.14. The van der Waals surface area contributed by atoms with Gasteiger partial charge in [0.2, 0.25) is 5.13 Å². The Kier molecular flexibility index (Phi) is 4.16. The molecule has 0 aliphatic carbocycles. The number of aryl methyl sites for hydroxylation is 1. The first-order valence-electron chi connectivity index (χ1n) is 5.69. The third kappa shape index (κ3) is 3.31. The molecule has 1 aromatic heterocycles. The van der Waals surface area contributed by atoms with E-state index in [0.29, 0.717) is 11.2 Å². The Morgan fingerprint density at radius 2 is 2.16 bits per heavy atom. The van der Waals surface area contributed by atoms with E-state index in [2.05, 4.69) is 15.5 Å². The zero-order valence-electron chi connectivity index (χ0n) is 10.1. The molecule has 2 aromatic rings. The van der Waals surface area contributed by atoms with Crippen molar-refractivity contribution in [1.29, 1.82) is 0 Å². The van der Waals surface area contributed by atoms with Gasteiger partial charge in [-0.1, -0.05) is 18.3 Å². The van der Waals surface area contributed by atoms with Crippen LogP contribution in [0.15, 0.2) is 18.2 Å². The molecule has 0 saturated heterocycles. The van der Waals surface area contributed by atoms with Crippen LogP contribution in [0.4, 0.5) is 13.9 Å². The minimum atomic E-state index is -0.907. The van der Waals surface area contributed by atoms with Crippen molar-refractivity contribution in [2.45, 2.75) is 19.8 Å². The van der Waals surface area contributed by atoms with E-state index in [1.807, 2.05) is 6.92 Å². The van der Waals surface area contributed by atoms with Crippen molar-refractivity contribution in [1.82, 2.24) is 10.2 Å². The van der Waals surface area contributed by atoms with Gasteiger partial charge in [-0.25, -0.2) is 8.78 Å². The highest BCUT2D eigenvalue weighted by molar-refractivity contribution is 7.15. The van der Waals surface area contributed by atoms with E-state index in [-0.39, 0.29) is 5.56 Å². The van der Waals surface area contributed by atoms with Gasteiger partial charge in [0.05, 0.1) is 5.56 Å². The van der Waals surface area contributed by atoms with E-state index >= 15 is 0 Å². The normalized spacial score (nSPS) is 10.5. The van der Waals surface area contributed by atoms with Gasteiger partial charge in [0.1, 0.15) is 16.6 Å². The van der Waals surface area contributed by atoms with Crippen molar-refractivity contribution in [3.05, 3.63) is 40.4 Å². The van der Waals surface area contributed by atoms with Crippen molar-refractivity contribution < 1.29 is 13.6 Å². The number of rotatable bonds is 4. The number of anilines is 1. The van der Waals surface area contributed by atoms with E-state index in [4.69, 9.17) is 0 Å². The first kappa shape index (κ1) is 13.5. The Balaban J connectivity index is 2.11. The molecule has 0 aliphatic heterocycles. The maximum absolute atomic E-state index is 13.4. The second-order valence-corrected chi connectivity index (χ2v) is 4.89. The van der Waals surface area contributed by atoms with Gasteiger partial charge in [-0.05, 0) is 18.6 Å². The smallest absolute Gasteiger partial charge is 0.260 e. The molecule has 0 radical (unpaired) electrons. The third-order valence-electron chi connectivity index (χ3n) is 2.33. The van der Waals surface area contributed by atoms with Crippen LogP contribution in [0.5, 0.6) is 0 Å². The highest BCUT2D eigenvalue weighted by atomic mass is 32.1. The summed E-state index contributed by atoms with van der Waals surface area (Å²) in [7, 11) is 0. The van der Waals surface area contributed by atoms with Crippen molar-refractivity contribution >= 4 is 22.4 Å². The maximum atomic E-state index is 13.4. The lowest BCUT2D eigenvalue weighted by atomic mass is 10.2. The van der Waals surface area contributed by atoms with E-state index in [9.17, 15) is 13.6 Å². The monoisotopic (exact) mass is 283 g/mol. The Morgan fingerprint density at radius 1 is 1.37 bits per heavy atom. The molecule has 1 heterocycles. The fraction of sp³-hybridized carbons (Fsp3) is 0.250. The second-order valence-electron chi connectivity index (χ2n) is 3.83. The van der Waals surface area contributed by atoms with Gasteiger partial charge in [0.15, 0.2) is 0 Å². The molecule has 0 saturated carbocycles. The third-order valence-corrected chi connectivity index (χ3v) is 3.23. The van der Waals surface area contributed by atoms with Crippen molar-refractivity contribution in [2.24, 2.45) is 0 Å². The summed E-state index contributed by atoms with van der Waals surface area (Å²) in [4.78, 5) is 11.8. The average Bonchev–Trinajstić information content (AvgIpc) is 2.76. The topological polar surface area (TPSA) is 54.9 Å². The highest BCUT2D eigenvalue weighted by Crippen LogP contribution is 2.18. The lowest BCUT2D eigenvalue weighted by molar-refractivity contribution is 0.102. The second kappa shape index (κ2) is 5.83. The quantitative estimate of drug-likeness (QED) is 0.938. The average molecular weight is 283 g/mol. The molecule has 4 nitrogen and oxygen atoms in total. The number of amides is 1. The van der Waals surface area contributed by atoms with Crippen LogP contribution in [0.1, 0.15) is 28.7 Å². The van der Waals surface area contributed by atoms with Gasteiger partial charge in [-0.2, -0.15) is 0 Å². The van der Waals surface area contributed by atoms with Gasteiger partial charge in [0.25, 0.3) is 5.91 Å². The Morgan fingerprint density at radius 3 is 2.84 bits per heavy atom. The summed E-state index contributed by atoms with van der Waals surface area (Å²) in [5.41, 5.74) is -0.228. The number of nitrogens with zero attached hydrogens (tertiary/aromatic N) is 2. The summed E-state index contributed by atoms with van der Waals surface area (Å²) >= 11 is 1.24. The van der Waals surface area contributed by atoms with Gasteiger partial charge in [-0.3, -0.25) is 10.1 Å². The molecule has 0 spiro atoms. The minimum absolute atomic E-state index is 0.228. The number of aromatic nitrogens is 2. The number of nitrogens with one attached hydrogen (secondary N) is 1. The molecule has 100 valence electrons. The number of hydrogen-bond donors (Lipinski definition) is 1. The van der Waals surface area contributed by atoms with Gasteiger partial charge in [0, 0.05) is 12.5 Å². The first-order chi connectivity index (χ1) is 9.10. The minimum Gasteiger partial charge on any atom is -0.296 e. The van der Waals surface area contributed by atoms with Crippen LogP contribution >= 0.6 is 11.3 Å². The van der Waals surface area contributed by atoms with E-state index < -0.39 is 17.5 Å². The van der Waals surface area contributed by atoms with Crippen LogP contribution in [0.2, 0.25) is 0 Å². The van der Waals surface area contributed by atoms with Gasteiger partial charge in [-0.15, -0.1) is 10.2 Å². The van der Waals surface area contributed by atoms with Gasteiger partial charge >= 0.3 is 0 Å². The number of hydrogen-bond acceptors (Lipinski definition) is 4. The van der Waals surface area contributed by atoms with Crippen LogP contribution in [0, 0.1) is 11.6 Å². The van der Waals surface area contributed by atoms with Crippen LogP contribution in [0.25, 0.3) is 0 Å². The van der Waals surface area contributed by atoms with E-state index in [1.54, 1.807) is 0 Å². The standard InChI is InChI=1S/C12H11F2N3OS/c1-2-3-10-16-17-12(19-10)15-11(18)8-5-4-7(13)6-9(8)14/h4-6H,2-3H2,1H3,(H,15,17,18). The van der Waals surface area contributed by atoms with E-state index in [1.165, 1.54) is 11.3 Å². The molecule has 1 aromatic carbocycles. The predicted molar refractivity (Wildman–Crippen MR) is 68.2 cm³/mol. The Labute approximate surface area is 112 Å². The maximum Gasteiger partial charge on any atom is 0.260 e. The largest absolute Gasteiger partial charge is 0.296 e. The summed E-state index contributed by atoms with van der Waals surface area (Å²) in [5.74, 6) is -2.30. The Bertz CT molecular complexity index is 600. The lowest BCUT2D eigenvalue weighted by Crippen LogP contribution is -2.13. The molecule has 1 amide bonds. The fourth-order valence-electron chi connectivity index (χ4n) is 1.46. The van der Waals surface area contributed by atoms with Crippen LogP contribution < -0.4 is 5.32 Å². The summed E-state index contributed by atoms with van der Waals surface area (Å²) in [6.45, 7) is 2.01. The van der Waals surface area contributed by atoms with Crippen molar-refractivity contribution in [3.8, 4) is 0 Å². The molecule has 2 rings (SSSR count). The molecule has 0 aliphatic rings. The Hall–Kier alpha value is -1.89. The van der Waals surface area contributed by atoms with E-state index in [0.717, 1.165) is 30.0 Å². The zero-order valence-corrected chi connectivity index (χ0v) is 10.9. The molecule has 0 bridgehead atoms. The summed E-state index contributed by atoms with van der Waals surface area (Å²) < 4.78 is 26.1. The molecular weight excluding hydrogens is 272 g/mol. The molecule has 7 heteroatoms. The van der Waals surface area contributed by atoms with Crippen LogP contribution in [0.3, 0.4) is 0 Å². The van der Waals surface area contributed by atoms with Crippen molar-refractivity contribution in [2.75, 3.05) is 5.32 Å². The number of halogens is 2. The molecule has 0 unspecified atom stereocenters. The molecular formula is C12H11F2N3OS. The van der Waals surface area contributed by atoms with Crippen molar-refractivity contribution in [3.63, 3.8) is 0 Å². The lowest BCUT2D eigenvalue weighted by Gasteiger charge is -2.02. The molecule has 0 atom stereocenters. The summed E-state index contributed by atoms with van der Waals surface area (Å²) in [5, 5.41) is 11.2. The summed E-state index contributed by atoms with van der Waals surface area (Å²) in [6.07, 6.45) is 1.70. The molecule has 1 N–H and O–H groups in total. The predicted octanol–water partition coefficient (Wildman–Crippen LogP) is 3.02. The van der Waals surface area contributed by atoms with Crippen LogP contribution in [-0.2, 0) is 6.42 Å². The van der Waals surface area contributed by atoms with Gasteiger partial charge < -0.3 is 0 Å². The molecule has 0 fully saturated rings. The number of carbonyl (C=O) groups is 1. The number of benzene rings is 1. The zero-order chi connectivity index (χ0) is 13.8. The first-order valence-corrected chi connectivity index (χ1v) is 6.50. The van der Waals surface area contributed by atoms with Crippen LogP contribution in [-0.4, -0.2) is 16.1 Å². The summed E-state index contributed by atoms with van der Waals surface area (Å²) in [6, 6.07) is 2.78. The molecule has 19 heavy (non-hydrogen) atoms.